The van der Waals surface area contributed by atoms with Gasteiger partial charge in [0.2, 0.25) is 0 Å². The largest absolute Gasteiger partial charge is 0.312 e. The normalized spacial score (nSPS) is 23.4. The van der Waals surface area contributed by atoms with E-state index in [1.165, 1.54) is 19.3 Å². The molecule has 1 rings (SSSR count). The van der Waals surface area contributed by atoms with Crippen LogP contribution in [0.4, 0.5) is 0 Å². The lowest BCUT2D eigenvalue weighted by atomic mass is 10.0. The summed E-state index contributed by atoms with van der Waals surface area (Å²) >= 11 is 0. The standard InChI is InChI=1S/C10H20N2/c1-12(2)9-8-11-10-6-4-3-5-7-10/h3-4,10-11H,5-9H2,1-2H3. The van der Waals surface area contributed by atoms with Crippen molar-refractivity contribution < 1.29 is 0 Å². The Labute approximate surface area is 75.6 Å². The lowest BCUT2D eigenvalue weighted by Crippen LogP contribution is -2.35. The number of rotatable bonds is 4. The van der Waals surface area contributed by atoms with Crippen LogP contribution in [-0.2, 0) is 0 Å². The fourth-order valence-corrected chi connectivity index (χ4v) is 1.47. The van der Waals surface area contributed by atoms with Crippen LogP contribution in [0.2, 0.25) is 0 Å². The topological polar surface area (TPSA) is 15.3 Å². The molecular formula is C10H20N2. The molecule has 70 valence electrons. The van der Waals surface area contributed by atoms with Crippen LogP contribution in [0, 0.1) is 0 Å². The summed E-state index contributed by atoms with van der Waals surface area (Å²) in [5.74, 6) is 0. The fraction of sp³-hybridized carbons (Fsp3) is 0.800. The number of hydrogen-bond donors (Lipinski definition) is 1. The molecule has 2 heteroatoms. The summed E-state index contributed by atoms with van der Waals surface area (Å²) in [6, 6.07) is 0.731. The predicted octanol–water partition coefficient (Wildman–Crippen LogP) is 1.25. The number of likely N-dealkylation sites (N-methyl/N-ethyl adjacent to an activating group) is 1. The van der Waals surface area contributed by atoms with Crippen LogP contribution in [-0.4, -0.2) is 38.1 Å². The Bertz CT molecular complexity index is 141. The van der Waals surface area contributed by atoms with Crippen molar-refractivity contribution in [2.45, 2.75) is 25.3 Å². The third kappa shape index (κ3) is 3.88. The van der Waals surface area contributed by atoms with E-state index in [0.717, 1.165) is 19.1 Å². The molecule has 0 spiro atoms. The summed E-state index contributed by atoms with van der Waals surface area (Å²) in [6.45, 7) is 2.26. The molecule has 0 radical (unpaired) electrons. The van der Waals surface area contributed by atoms with Crippen LogP contribution in [0.1, 0.15) is 19.3 Å². The van der Waals surface area contributed by atoms with Crippen LogP contribution in [0.15, 0.2) is 12.2 Å². The van der Waals surface area contributed by atoms with Crippen molar-refractivity contribution in [2.75, 3.05) is 27.2 Å². The van der Waals surface area contributed by atoms with E-state index in [1.807, 2.05) is 0 Å². The quantitative estimate of drug-likeness (QED) is 0.635. The van der Waals surface area contributed by atoms with Crippen LogP contribution < -0.4 is 5.32 Å². The first-order valence-electron chi connectivity index (χ1n) is 4.82. The Morgan fingerprint density at radius 3 is 2.83 bits per heavy atom. The van der Waals surface area contributed by atoms with E-state index in [2.05, 4.69) is 36.5 Å². The van der Waals surface area contributed by atoms with Gasteiger partial charge in [0.15, 0.2) is 0 Å². The molecule has 0 amide bonds. The molecule has 0 bridgehead atoms. The number of nitrogens with one attached hydrogen (secondary N) is 1. The van der Waals surface area contributed by atoms with Gasteiger partial charge in [0.25, 0.3) is 0 Å². The van der Waals surface area contributed by atoms with Crippen LogP contribution >= 0.6 is 0 Å². The van der Waals surface area contributed by atoms with Gasteiger partial charge in [-0.1, -0.05) is 12.2 Å². The molecule has 1 aliphatic carbocycles. The monoisotopic (exact) mass is 168 g/mol. The van der Waals surface area contributed by atoms with Crippen molar-refractivity contribution in [3.8, 4) is 0 Å². The van der Waals surface area contributed by atoms with Crippen LogP contribution in [0.5, 0.6) is 0 Å². The molecule has 1 aliphatic rings. The molecule has 0 fully saturated rings. The molecule has 1 unspecified atom stereocenters. The summed E-state index contributed by atoms with van der Waals surface area (Å²) in [7, 11) is 4.23. The lowest BCUT2D eigenvalue weighted by molar-refractivity contribution is 0.375. The fourth-order valence-electron chi connectivity index (χ4n) is 1.47. The Morgan fingerprint density at radius 1 is 1.42 bits per heavy atom. The van der Waals surface area contributed by atoms with E-state index in [1.54, 1.807) is 0 Å². The summed E-state index contributed by atoms with van der Waals surface area (Å²) in [4.78, 5) is 2.21. The van der Waals surface area contributed by atoms with Crippen molar-refractivity contribution in [2.24, 2.45) is 0 Å². The highest BCUT2D eigenvalue weighted by atomic mass is 15.1. The van der Waals surface area contributed by atoms with Gasteiger partial charge in [0.1, 0.15) is 0 Å². The average Bonchev–Trinajstić information content (AvgIpc) is 2.05. The highest BCUT2D eigenvalue weighted by Crippen LogP contribution is 2.09. The Hall–Kier alpha value is -0.340. The minimum absolute atomic E-state index is 0.731. The maximum absolute atomic E-state index is 3.56. The molecule has 0 saturated carbocycles. The zero-order valence-corrected chi connectivity index (χ0v) is 8.21. The SMILES string of the molecule is CN(C)CCNC1CC=CCC1. The van der Waals surface area contributed by atoms with Gasteiger partial charge in [-0.2, -0.15) is 0 Å². The molecule has 0 aliphatic heterocycles. The average molecular weight is 168 g/mol. The van der Waals surface area contributed by atoms with Crippen molar-refractivity contribution >= 4 is 0 Å². The van der Waals surface area contributed by atoms with E-state index < -0.39 is 0 Å². The third-order valence-corrected chi connectivity index (χ3v) is 2.26. The van der Waals surface area contributed by atoms with E-state index in [0.29, 0.717) is 0 Å². The van der Waals surface area contributed by atoms with Gasteiger partial charge < -0.3 is 10.2 Å². The van der Waals surface area contributed by atoms with E-state index in [4.69, 9.17) is 0 Å². The van der Waals surface area contributed by atoms with Crippen molar-refractivity contribution in [1.29, 1.82) is 0 Å². The van der Waals surface area contributed by atoms with Gasteiger partial charge in [-0.05, 0) is 33.4 Å². The maximum atomic E-state index is 3.56. The first kappa shape index (κ1) is 9.75. The highest BCUT2D eigenvalue weighted by Gasteiger charge is 2.07. The Morgan fingerprint density at radius 2 is 2.25 bits per heavy atom. The Balaban J connectivity index is 2.03. The van der Waals surface area contributed by atoms with Gasteiger partial charge >= 0.3 is 0 Å². The zero-order chi connectivity index (χ0) is 8.81. The zero-order valence-electron chi connectivity index (χ0n) is 8.21. The molecule has 12 heavy (non-hydrogen) atoms. The summed E-state index contributed by atoms with van der Waals surface area (Å²) in [6.07, 6.45) is 8.35. The van der Waals surface area contributed by atoms with Gasteiger partial charge in [0, 0.05) is 19.1 Å². The lowest BCUT2D eigenvalue weighted by Gasteiger charge is -2.20. The number of allylic oxidation sites excluding steroid dienone is 1. The number of hydrogen-bond acceptors (Lipinski definition) is 2. The summed E-state index contributed by atoms with van der Waals surface area (Å²) < 4.78 is 0. The molecule has 0 saturated heterocycles. The molecule has 0 heterocycles. The van der Waals surface area contributed by atoms with Gasteiger partial charge in [-0.25, -0.2) is 0 Å². The molecule has 1 atom stereocenters. The van der Waals surface area contributed by atoms with Crippen molar-refractivity contribution in [3.63, 3.8) is 0 Å². The van der Waals surface area contributed by atoms with Gasteiger partial charge in [-0.15, -0.1) is 0 Å². The molecular weight excluding hydrogens is 148 g/mol. The van der Waals surface area contributed by atoms with Gasteiger partial charge in [0.05, 0.1) is 0 Å². The van der Waals surface area contributed by atoms with Gasteiger partial charge in [-0.3, -0.25) is 0 Å². The first-order chi connectivity index (χ1) is 5.79. The maximum Gasteiger partial charge on any atom is 0.0105 e. The molecule has 0 aromatic rings. The van der Waals surface area contributed by atoms with Crippen LogP contribution in [0.25, 0.3) is 0 Å². The molecule has 0 aromatic carbocycles. The molecule has 1 N–H and O–H groups in total. The van der Waals surface area contributed by atoms with E-state index in [9.17, 15) is 0 Å². The van der Waals surface area contributed by atoms with Crippen molar-refractivity contribution in [3.05, 3.63) is 12.2 Å². The molecule has 2 nitrogen and oxygen atoms in total. The van der Waals surface area contributed by atoms with E-state index >= 15 is 0 Å². The summed E-state index contributed by atoms with van der Waals surface area (Å²) in [5, 5.41) is 3.56. The third-order valence-electron chi connectivity index (χ3n) is 2.26. The highest BCUT2D eigenvalue weighted by molar-refractivity contribution is 4.92. The summed E-state index contributed by atoms with van der Waals surface area (Å²) in [5.41, 5.74) is 0. The number of nitrogens with zero attached hydrogens (tertiary/aromatic N) is 1. The minimum Gasteiger partial charge on any atom is -0.312 e. The predicted molar refractivity (Wildman–Crippen MR) is 53.3 cm³/mol. The smallest absolute Gasteiger partial charge is 0.0105 e. The molecule has 0 aromatic heterocycles. The van der Waals surface area contributed by atoms with Crippen molar-refractivity contribution in [1.82, 2.24) is 10.2 Å². The van der Waals surface area contributed by atoms with E-state index in [-0.39, 0.29) is 0 Å². The van der Waals surface area contributed by atoms with Crippen LogP contribution in [0.3, 0.4) is 0 Å². The first-order valence-corrected chi connectivity index (χ1v) is 4.82. The second-order valence-electron chi connectivity index (χ2n) is 3.74. The Kier molecular flexibility index (Phi) is 4.33. The second kappa shape index (κ2) is 5.33. The minimum atomic E-state index is 0.731. The second-order valence-corrected chi connectivity index (χ2v) is 3.74.